The fraction of sp³-hybridized carbons (Fsp3) is 0.0455. The van der Waals surface area contributed by atoms with Gasteiger partial charge in [0, 0.05) is 0 Å². The van der Waals surface area contributed by atoms with Gasteiger partial charge < -0.3 is 9.16 Å². The van der Waals surface area contributed by atoms with Gasteiger partial charge in [-0.25, -0.2) is 4.79 Å². The number of hydrogen-bond acceptors (Lipinski definition) is 3. The van der Waals surface area contributed by atoms with Crippen molar-refractivity contribution in [1.29, 1.82) is 0 Å². The second-order valence-electron chi connectivity index (χ2n) is 5.80. The summed E-state index contributed by atoms with van der Waals surface area (Å²) < 4.78 is 11.2. The number of carbonyl (C=O) groups excluding carboxylic acids is 1. The predicted octanol–water partition coefficient (Wildman–Crippen LogP) is 2.36. The van der Waals surface area contributed by atoms with Crippen molar-refractivity contribution in [3.05, 3.63) is 103 Å². The van der Waals surface area contributed by atoms with E-state index in [1.165, 1.54) is 7.11 Å². The monoisotopic (exact) mass is 360 g/mol. The van der Waals surface area contributed by atoms with Gasteiger partial charge in [0.1, 0.15) is 0 Å². The maximum Gasteiger partial charge on any atom is 0.371 e. The van der Waals surface area contributed by atoms with E-state index in [1.807, 2.05) is 91.0 Å². The first-order chi connectivity index (χ1) is 12.7. The summed E-state index contributed by atoms with van der Waals surface area (Å²) in [6.07, 6.45) is 0. The van der Waals surface area contributed by atoms with Gasteiger partial charge in [0.15, 0.2) is 5.76 Å². The molecule has 0 amide bonds. The highest BCUT2D eigenvalue weighted by Gasteiger charge is 2.45. The number of ether oxygens (including phenoxy) is 1. The summed E-state index contributed by atoms with van der Waals surface area (Å²) in [7, 11) is -1.64. The Hall–Kier alpha value is -3.11. The van der Waals surface area contributed by atoms with Crippen molar-refractivity contribution in [1.82, 2.24) is 0 Å². The quantitative estimate of drug-likeness (QED) is 0.223. The van der Waals surface area contributed by atoms with Crippen LogP contribution < -0.4 is 15.6 Å². The van der Waals surface area contributed by atoms with Crippen LogP contribution in [0.5, 0.6) is 0 Å². The predicted molar refractivity (Wildman–Crippen MR) is 106 cm³/mol. The zero-order valence-electron chi connectivity index (χ0n) is 14.6. The van der Waals surface area contributed by atoms with Gasteiger partial charge in [-0.2, -0.15) is 0 Å². The molecule has 0 spiro atoms. The lowest BCUT2D eigenvalue weighted by atomic mass is 10.3. The third-order valence-electron chi connectivity index (χ3n) is 4.23. The van der Waals surface area contributed by atoms with E-state index < -0.39 is 14.3 Å². The fourth-order valence-corrected chi connectivity index (χ4v) is 6.83. The molecule has 0 bridgehead atoms. The average Bonchev–Trinajstić information content (AvgIpc) is 2.73. The highest BCUT2D eigenvalue weighted by atomic mass is 28.4. The van der Waals surface area contributed by atoms with Crippen LogP contribution >= 0.6 is 0 Å². The van der Waals surface area contributed by atoms with E-state index >= 15 is 0 Å². The van der Waals surface area contributed by atoms with Crippen molar-refractivity contribution in [2.45, 2.75) is 0 Å². The summed E-state index contributed by atoms with van der Waals surface area (Å²) >= 11 is 0. The van der Waals surface area contributed by atoms with E-state index in [9.17, 15) is 4.79 Å². The highest BCUT2D eigenvalue weighted by molar-refractivity contribution is 7.07. The van der Waals surface area contributed by atoms with Gasteiger partial charge in [-0.15, -0.1) is 0 Å². The van der Waals surface area contributed by atoms with E-state index in [4.69, 9.17) is 9.16 Å². The van der Waals surface area contributed by atoms with Crippen molar-refractivity contribution in [3.63, 3.8) is 0 Å². The van der Waals surface area contributed by atoms with Crippen LogP contribution in [0.3, 0.4) is 0 Å². The zero-order valence-corrected chi connectivity index (χ0v) is 15.6. The molecule has 130 valence electrons. The SMILES string of the molecule is C=C(O[Si](c1ccccc1)(c1ccccc1)c1ccccc1)C(=O)OC. The lowest BCUT2D eigenvalue weighted by Crippen LogP contribution is -2.69. The Morgan fingerprint density at radius 3 is 1.38 bits per heavy atom. The minimum absolute atomic E-state index is 0.00993. The third-order valence-corrected chi connectivity index (χ3v) is 8.22. The van der Waals surface area contributed by atoms with Crippen LogP contribution in [0.15, 0.2) is 103 Å². The molecule has 4 heteroatoms. The smallest absolute Gasteiger partial charge is 0.371 e. The van der Waals surface area contributed by atoms with Crippen LogP contribution in [-0.4, -0.2) is 21.4 Å². The lowest BCUT2D eigenvalue weighted by molar-refractivity contribution is -0.138. The molecule has 0 fully saturated rings. The molecule has 0 aliphatic heterocycles. The maximum atomic E-state index is 12.1. The van der Waals surface area contributed by atoms with Crippen LogP contribution in [0.25, 0.3) is 0 Å². The highest BCUT2D eigenvalue weighted by Crippen LogP contribution is 2.14. The Kier molecular flexibility index (Phi) is 5.34. The molecule has 3 aromatic carbocycles. The van der Waals surface area contributed by atoms with Crippen LogP contribution in [0.4, 0.5) is 0 Å². The van der Waals surface area contributed by atoms with Gasteiger partial charge in [-0.1, -0.05) is 97.6 Å². The average molecular weight is 360 g/mol. The van der Waals surface area contributed by atoms with Crippen LogP contribution in [-0.2, 0) is 14.0 Å². The van der Waals surface area contributed by atoms with Crippen molar-refractivity contribution in [2.24, 2.45) is 0 Å². The Labute approximate surface area is 154 Å². The van der Waals surface area contributed by atoms with Crippen molar-refractivity contribution in [3.8, 4) is 0 Å². The molecule has 0 radical (unpaired) electrons. The molecular formula is C22H20O3Si. The number of rotatable bonds is 6. The van der Waals surface area contributed by atoms with Crippen LogP contribution in [0.2, 0.25) is 0 Å². The fourth-order valence-electron chi connectivity index (χ4n) is 3.04. The first kappa shape index (κ1) is 17.7. The lowest BCUT2D eigenvalue weighted by Gasteiger charge is -2.33. The second-order valence-corrected chi connectivity index (χ2v) is 9.09. The second kappa shape index (κ2) is 7.85. The Morgan fingerprint density at radius 1 is 0.731 bits per heavy atom. The van der Waals surface area contributed by atoms with Crippen LogP contribution in [0, 0.1) is 0 Å². The molecule has 0 aliphatic rings. The molecule has 0 heterocycles. The summed E-state index contributed by atoms with van der Waals surface area (Å²) in [5, 5.41) is 3.09. The summed E-state index contributed by atoms with van der Waals surface area (Å²) in [6.45, 7) is 3.82. The van der Waals surface area contributed by atoms with E-state index in [1.54, 1.807) is 0 Å². The van der Waals surface area contributed by atoms with Gasteiger partial charge in [-0.05, 0) is 15.6 Å². The molecule has 0 atom stereocenters. The van der Waals surface area contributed by atoms with E-state index in [0.717, 1.165) is 15.6 Å². The number of hydrogen-bond donors (Lipinski definition) is 0. The largest absolute Gasteiger partial charge is 0.526 e. The minimum atomic E-state index is -2.97. The summed E-state index contributed by atoms with van der Waals surface area (Å²) in [5.41, 5.74) is 0. The Balaban J connectivity index is 2.28. The molecule has 0 aromatic heterocycles. The molecule has 3 rings (SSSR count). The van der Waals surface area contributed by atoms with Crippen molar-refractivity contribution in [2.75, 3.05) is 7.11 Å². The Morgan fingerprint density at radius 2 is 1.08 bits per heavy atom. The first-order valence-electron chi connectivity index (χ1n) is 8.31. The molecule has 0 unspecified atom stereocenters. The van der Waals surface area contributed by atoms with Crippen molar-refractivity contribution < 1.29 is 14.0 Å². The number of carbonyl (C=O) groups is 1. The third kappa shape index (κ3) is 3.32. The first-order valence-corrected chi connectivity index (χ1v) is 10.2. The molecule has 3 nitrogen and oxygen atoms in total. The summed E-state index contributed by atoms with van der Waals surface area (Å²) in [6, 6.07) is 30.0. The van der Waals surface area contributed by atoms with Gasteiger partial charge in [0.25, 0.3) is 0 Å². The molecule has 3 aromatic rings. The molecule has 0 N–H and O–H groups in total. The maximum absolute atomic E-state index is 12.1. The summed E-state index contributed by atoms with van der Waals surface area (Å²) in [4.78, 5) is 12.1. The minimum Gasteiger partial charge on any atom is -0.526 e. The molecule has 0 aliphatic carbocycles. The zero-order chi connectivity index (χ0) is 18.4. The Bertz CT molecular complexity index is 780. The normalized spacial score (nSPS) is 10.8. The number of methoxy groups -OCH3 is 1. The van der Waals surface area contributed by atoms with Crippen molar-refractivity contribution >= 4 is 29.8 Å². The number of benzene rings is 3. The van der Waals surface area contributed by atoms with Gasteiger partial charge in [-0.3, -0.25) is 0 Å². The van der Waals surface area contributed by atoms with Gasteiger partial charge >= 0.3 is 14.3 Å². The van der Waals surface area contributed by atoms with Gasteiger partial charge in [0.05, 0.1) is 7.11 Å². The molecule has 0 saturated carbocycles. The number of esters is 1. The molecule has 0 saturated heterocycles. The van der Waals surface area contributed by atoms with E-state index in [0.29, 0.717) is 0 Å². The van der Waals surface area contributed by atoms with E-state index in [-0.39, 0.29) is 5.76 Å². The standard InChI is InChI=1S/C22H20O3Si/c1-18(22(23)24-2)25-26(19-12-6-3-7-13-19,20-14-8-4-9-15-20)21-16-10-5-11-17-21/h3-17H,1H2,2H3. The van der Waals surface area contributed by atoms with Gasteiger partial charge in [0.2, 0.25) is 0 Å². The summed E-state index contributed by atoms with van der Waals surface area (Å²) in [5.74, 6) is -0.555. The molecule has 26 heavy (non-hydrogen) atoms. The molecular weight excluding hydrogens is 340 g/mol. The topological polar surface area (TPSA) is 35.5 Å². The van der Waals surface area contributed by atoms with E-state index in [2.05, 4.69) is 6.58 Å². The van der Waals surface area contributed by atoms with Crippen LogP contribution in [0.1, 0.15) is 0 Å².